The number of ketones is 1. The minimum atomic E-state index is -1.78. The van der Waals surface area contributed by atoms with Gasteiger partial charge in [0.15, 0.2) is 17.3 Å². The quantitative estimate of drug-likeness (QED) is 0.373. The molecule has 7 nitrogen and oxygen atoms in total. The number of aliphatic hydroxyl groups is 1. The number of nitrogens with zero attached hydrogens (tertiary/aromatic N) is 2. The van der Waals surface area contributed by atoms with E-state index in [0.29, 0.717) is 24.2 Å². The van der Waals surface area contributed by atoms with Gasteiger partial charge in [0.05, 0.1) is 10.5 Å². The highest BCUT2D eigenvalue weighted by Gasteiger charge is 2.56. The molecule has 2 aromatic carbocycles. The van der Waals surface area contributed by atoms with Crippen LogP contribution in [0.3, 0.4) is 0 Å². The first-order chi connectivity index (χ1) is 13.0. The van der Waals surface area contributed by atoms with Crippen LogP contribution in [0.25, 0.3) is 0 Å². The third-order valence-electron chi connectivity index (χ3n) is 4.84. The summed E-state index contributed by atoms with van der Waals surface area (Å²) >= 11 is 0. The summed E-state index contributed by atoms with van der Waals surface area (Å²) < 4.78 is 0. The predicted molar refractivity (Wildman–Crippen MR) is 97.9 cm³/mol. The first-order valence-electron chi connectivity index (χ1n) is 8.53. The lowest BCUT2D eigenvalue weighted by Gasteiger charge is -2.33. The van der Waals surface area contributed by atoms with Crippen LogP contribution in [0.5, 0.6) is 0 Å². The zero-order chi connectivity index (χ0) is 19.0. The monoisotopic (exact) mass is 363 g/mol. The number of carbonyl (C=O) groups is 1. The normalized spacial score (nSPS) is 22.7. The molecule has 136 valence electrons. The van der Waals surface area contributed by atoms with Gasteiger partial charge in [0.2, 0.25) is 0 Å². The second kappa shape index (κ2) is 6.37. The second-order valence-electron chi connectivity index (χ2n) is 6.36. The van der Waals surface area contributed by atoms with Gasteiger partial charge in [0, 0.05) is 30.3 Å². The smallest absolute Gasteiger partial charge is 0.317 e. The Morgan fingerprint density at radius 3 is 2.41 bits per heavy atom. The number of fused-ring (bicyclic) bond motifs is 1. The fourth-order valence-electron chi connectivity index (χ4n) is 3.62. The van der Waals surface area contributed by atoms with E-state index in [0.717, 1.165) is 0 Å². The van der Waals surface area contributed by atoms with E-state index in [1.807, 2.05) is 0 Å². The Bertz CT molecular complexity index is 969. The molecule has 27 heavy (non-hydrogen) atoms. The minimum Gasteiger partial charge on any atom is -0.364 e. The van der Waals surface area contributed by atoms with E-state index >= 15 is 0 Å². The Morgan fingerprint density at radius 2 is 1.78 bits per heavy atom. The highest BCUT2D eigenvalue weighted by atomic mass is 16.6. The summed E-state index contributed by atoms with van der Waals surface area (Å²) in [5.41, 5.74) is -1.23. The van der Waals surface area contributed by atoms with Crippen LogP contribution >= 0.6 is 0 Å². The number of nitrogens with one attached hydrogen (secondary N) is 1. The maximum atomic E-state index is 12.7. The molecule has 1 unspecified atom stereocenters. The van der Waals surface area contributed by atoms with Crippen LogP contribution in [0.4, 0.5) is 0 Å². The van der Waals surface area contributed by atoms with Crippen molar-refractivity contribution in [3.63, 3.8) is 0 Å². The van der Waals surface area contributed by atoms with E-state index < -0.39 is 16.4 Å². The highest BCUT2D eigenvalue weighted by Crippen LogP contribution is 2.47. The van der Waals surface area contributed by atoms with Crippen molar-refractivity contribution >= 4 is 5.78 Å². The number of nitro groups is 1. The van der Waals surface area contributed by atoms with Crippen LogP contribution in [0, 0.1) is 10.1 Å². The molecule has 1 atom stereocenters. The fourth-order valence-corrected chi connectivity index (χ4v) is 3.62. The predicted octanol–water partition coefficient (Wildman–Crippen LogP) is 2.01. The lowest BCUT2D eigenvalue weighted by atomic mass is 9.92. The standard InChI is InChI=1S/C20H17N3O4/c24-17(14-7-3-1-4-8-14)13-16-18(23(26)27)19-21-11-12-22(19)20(16,25)15-9-5-2-6-10-15/h1-10,13,21,25H,11-12H2/b16-13-. The molecule has 0 radical (unpaired) electrons. The largest absolute Gasteiger partial charge is 0.364 e. The molecule has 2 N–H and O–H groups in total. The van der Waals surface area contributed by atoms with Gasteiger partial charge in [0.25, 0.3) is 0 Å². The Morgan fingerprint density at radius 1 is 1.15 bits per heavy atom. The molecule has 0 bridgehead atoms. The summed E-state index contributed by atoms with van der Waals surface area (Å²) in [6, 6.07) is 17.2. The van der Waals surface area contributed by atoms with Gasteiger partial charge in [-0.05, 0) is 0 Å². The summed E-state index contributed by atoms with van der Waals surface area (Å²) in [6.07, 6.45) is 1.17. The molecular formula is C20H17N3O4. The Balaban J connectivity index is 1.91. The van der Waals surface area contributed by atoms with Crippen LogP contribution in [0.1, 0.15) is 15.9 Å². The van der Waals surface area contributed by atoms with Crippen LogP contribution in [-0.2, 0) is 5.72 Å². The molecule has 2 aliphatic rings. The SMILES string of the molecule is O=C(/C=C1/C([N+](=O)[O-])=C2NCCN2C1(O)c1ccccc1)c1ccccc1. The molecule has 2 aromatic rings. The van der Waals surface area contributed by atoms with Gasteiger partial charge in [-0.25, -0.2) is 0 Å². The molecule has 2 heterocycles. The van der Waals surface area contributed by atoms with Crippen LogP contribution in [-0.4, -0.2) is 33.8 Å². The number of rotatable bonds is 4. The average Bonchev–Trinajstić information content (AvgIpc) is 3.25. The van der Waals surface area contributed by atoms with Crippen LogP contribution in [0.15, 0.2) is 83.8 Å². The summed E-state index contributed by atoms with van der Waals surface area (Å²) in [5, 5.41) is 26.4. The summed E-state index contributed by atoms with van der Waals surface area (Å²) in [4.78, 5) is 25.5. The maximum Gasteiger partial charge on any atom is 0.317 e. The van der Waals surface area contributed by atoms with E-state index in [-0.39, 0.29) is 17.1 Å². The molecule has 0 aliphatic carbocycles. The minimum absolute atomic E-state index is 0.0326. The Labute approximate surface area is 155 Å². The summed E-state index contributed by atoms with van der Waals surface area (Å²) in [6.45, 7) is 0.858. The van der Waals surface area contributed by atoms with Crippen molar-refractivity contribution < 1.29 is 14.8 Å². The first kappa shape index (κ1) is 17.0. The number of hydrogen-bond donors (Lipinski definition) is 2. The lowest BCUT2D eigenvalue weighted by Crippen LogP contribution is -2.42. The van der Waals surface area contributed by atoms with E-state index in [4.69, 9.17) is 0 Å². The van der Waals surface area contributed by atoms with Gasteiger partial charge in [-0.15, -0.1) is 0 Å². The molecule has 4 rings (SSSR count). The Hall–Kier alpha value is -3.45. The fraction of sp³-hybridized carbons (Fsp3) is 0.150. The third kappa shape index (κ3) is 2.60. The van der Waals surface area contributed by atoms with Crippen molar-refractivity contribution in [2.24, 2.45) is 0 Å². The van der Waals surface area contributed by atoms with Crippen LogP contribution < -0.4 is 5.32 Å². The summed E-state index contributed by atoms with van der Waals surface area (Å²) in [7, 11) is 0. The summed E-state index contributed by atoms with van der Waals surface area (Å²) in [5.74, 6) is -0.167. The number of hydrogen-bond acceptors (Lipinski definition) is 6. The van der Waals surface area contributed by atoms with Crippen molar-refractivity contribution in [2.45, 2.75) is 5.72 Å². The highest BCUT2D eigenvalue weighted by molar-refractivity contribution is 6.05. The van der Waals surface area contributed by atoms with E-state index in [9.17, 15) is 20.0 Å². The molecule has 2 aliphatic heterocycles. The lowest BCUT2D eigenvalue weighted by molar-refractivity contribution is -0.422. The maximum absolute atomic E-state index is 12.7. The second-order valence-corrected chi connectivity index (χ2v) is 6.36. The van der Waals surface area contributed by atoms with Crippen molar-refractivity contribution in [1.29, 1.82) is 0 Å². The molecule has 0 amide bonds. The van der Waals surface area contributed by atoms with Gasteiger partial charge in [-0.1, -0.05) is 60.7 Å². The number of benzene rings is 2. The van der Waals surface area contributed by atoms with Gasteiger partial charge in [-0.2, -0.15) is 0 Å². The molecule has 0 saturated carbocycles. The molecule has 1 saturated heterocycles. The average molecular weight is 363 g/mol. The Kier molecular flexibility index (Phi) is 4.01. The van der Waals surface area contributed by atoms with Gasteiger partial charge >= 0.3 is 5.70 Å². The molecule has 1 fully saturated rings. The molecule has 7 heteroatoms. The van der Waals surface area contributed by atoms with Crippen molar-refractivity contribution in [3.05, 3.63) is 105 Å². The zero-order valence-electron chi connectivity index (χ0n) is 14.3. The third-order valence-corrected chi connectivity index (χ3v) is 4.84. The molecule has 0 aromatic heterocycles. The number of allylic oxidation sites excluding steroid dienone is 1. The first-order valence-corrected chi connectivity index (χ1v) is 8.53. The molecular weight excluding hydrogens is 346 g/mol. The van der Waals surface area contributed by atoms with Crippen molar-refractivity contribution in [1.82, 2.24) is 10.2 Å². The number of carbonyl (C=O) groups excluding carboxylic acids is 1. The zero-order valence-corrected chi connectivity index (χ0v) is 14.3. The van der Waals surface area contributed by atoms with Crippen molar-refractivity contribution in [3.8, 4) is 0 Å². The van der Waals surface area contributed by atoms with E-state index in [2.05, 4.69) is 5.32 Å². The van der Waals surface area contributed by atoms with E-state index in [1.54, 1.807) is 65.6 Å². The van der Waals surface area contributed by atoms with E-state index in [1.165, 1.54) is 6.08 Å². The topological polar surface area (TPSA) is 95.7 Å². The van der Waals surface area contributed by atoms with Gasteiger partial charge < -0.3 is 15.3 Å². The van der Waals surface area contributed by atoms with Gasteiger partial charge in [-0.3, -0.25) is 14.9 Å². The van der Waals surface area contributed by atoms with Gasteiger partial charge in [0.1, 0.15) is 0 Å². The van der Waals surface area contributed by atoms with Crippen molar-refractivity contribution in [2.75, 3.05) is 13.1 Å². The van der Waals surface area contributed by atoms with Crippen LogP contribution in [0.2, 0.25) is 0 Å². The molecule has 0 spiro atoms.